The third-order valence-electron chi connectivity index (χ3n) is 2.62. The largest absolute Gasteiger partial charge is 0.355 e. The van der Waals surface area contributed by atoms with Crippen LogP contribution in [0.2, 0.25) is 0 Å². The van der Waals surface area contributed by atoms with Gasteiger partial charge in [0.25, 0.3) is 0 Å². The molecule has 0 aliphatic rings. The Kier molecular flexibility index (Phi) is 3.37. The first kappa shape index (κ1) is 11.6. The molecule has 5 nitrogen and oxygen atoms in total. The minimum atomic E-state index is 0.801. The second-order valence-corrected chi connectivity index (χ2v) is 3.79. The highest BCUT2D eigenvalue weighted by atomic mass is 15.4. The number of pyridine rings is 1. The summed E-state index contributed by atoms with van der Waals surface area (Å²) in [6.45, 7) is 7.80. The Morgan fingerprint density at radius 1 is 1.29 bits per heavy atom. The first-order valence-corrected chi connectivity index (χ1v) is 5.87. The Morgan fingerprint density at radius 3 is 2.76 bits per heavy atom. The van der Waals surface area contributed by atoms with Crippen molar-refractivity contribution in [3.05, 3.63) is 23.9 Å². The quantitative estimate of drug-likeness (QED) is 0.875. The zero-order chi connectivity index (χ0) is 12.3. The second-order valence-electron chi connectivity index (χ2n) is 3.79. The molecule has 0 saturated heterocycles. The van der Waals surface area contributed by atoms with Crippen molar-refractivity contribution in [2.24, 2.45) is 0 Å². The number of nitrogens with zero attached hydrogens (tertiary/aromatic N) is 4. The number of anilines is 1. The molecule has 0 aliphatic carbocycles. The lowest BCUT2D eigenvalue weighted by molar-refractivity contribution is 0.767. The molecule has 0 spiro atoms. The van der Waals surface area contributed by atoms with E-state index in [1.165, 1.54) is 0 Å². The molecular formula is C12H17N5. The van der Waals surface area contributed by atoms with E-state index in [0.29, 0.717) is 0 Å². The van der Waals surface area contributed by atoms with E-state index in [1.54, 1.807) is 6.20 Å². The zero-order valence-electron chi connectivity index (χ0n) is 10.4. The standard InChI is InChI=1S/C12H17N5/c1-4-13-12-16-15-11(17(12)5-2)10-9(3)7-6-8-14-10/h6-8H,4-5H2,1-3H3,(H,13,16). The van der Waals surface area contributed by atoms with Crippen LogP contribution in [0.5, 0.6) is 0 Å². The summed E-state index contributed by atoms with van der Waals surface area (Å²) in [7, 11) is 0. The summed E-state index contributed by atoms with van der Waals surface area (Å²) in [4.78, 5) is 4.38. The van der Waals surface area contributed by atoms with Gasteiger partial charge in [0.05, 0.1) is 0 Å². The number of rotatable bonds is 4. The number of hydrogen-bond donors (Lipinski definition) is 1. The molecule has 0 aromatic carbocycles. The Hall–Kier alpha value is -1.91. The van der Waals surface area contributed by atoms with Gasteiger partial charge in [-0.2, -0.15) is 0 Å². The molecule has 2 aromatic rings. The average Bonchev–Trinajstić information content (AvgIpc) is 2.73. The van der Waals surface area contributed by atoms with E-state index in [-0.39, 0.29) is 0 Å². The van der Waals surface area contributed by atoms with Crippen molar-refractivity contribution in [1.29, 1.82) is 0 Å². The maximum Gasteiger partial charge on any atom is 0.224 e. The van der Waals surface area contributed by atoms with Crippen LogP contribution in [-0.2, 0) is 6.54 Å². The summed E-state index contributed by atoms with van der Waals surface area (Å²) in [6, 6.07) is 3.96. The maximum atomic E-state index is 4.38. The van der Waals surface area contributed by atoms with Crippen LogP contribution in [0, 0.1) is 6.92 Å². The first-order valence-electron chi connectivity index (χ1n) is 5.87. The van der Waals surface area contributed by atoms with Crippen molar-refractivity contribution in [2.45, 2.75) is 27.3 Å². The van der Waals surface area contributed by atoms with Crippen LogP contribution in [0.4, 0.5) is 5.95 Å². The first-order chi connectivity index (χ1) is 8.27. The molecule has 0 atom stereocenters. The van der Waals surface area contributed by atoms with Gasteiger partial charge in [-0.25, -0.2) is 0 Å². The molecule has 0 radical (unpaired) electrons. The molecule has 0 unspecified atom stereocenters. The van der Waals surface area contributed by atoms with Crippen molar-refractivity contribution < 1.29 is 0 Å². The minimum Gasteiger partial charge on any atom is -0.355 e. The Morgan fingerprint density at radius 2 is 2.12 bits per heavy atom. The molecule has 5 heteroatoms. The monoisotopic (exact) mass is 231 g/mol. The molecule has 2 heterocycles. The van der Waals surface area contributed by atoms with Gasteiger partial charge >= 0.3 is 0 Å². The average molecular weight is 231 g/mol. The van der Waals surface area contributed by atoms with E-state index in [0.717, 1.165) is 36.1 Å². The molecule has 2 rings (SSSR count). The zero-order valence-corrected chi connectivity index (χ0v) is 10.4. The molecular weight excluding hydrogens is 214 g/mol. The fourth-order valence-electron chi connectivity index (χ4n) is 1.79. The van der Waals surface area contributed by atoms with Crippen LogP contribution >= 0.6 is 0 Å². The molecule has 0 saturated carbocycles. The predicted octanol–water partition coefficient (Wildman–Crippen LogP) is 2.10. The fourth-order valence-corrected chi connectivity index (χ4v) is 1.79. The molecule has 0 aliphatic heterocycles. The van der Waals surface area contributed by atoms with Crippen LogP contribution in [0.1, 0.15) is 19.4 Å². The number of nitrogens with one attached hydrogen (secondary N) is 1. The van der Waals surface area contributed by atoms with Gasteiger partial charge in [0, 0.05) is 19.3 Å². The topological polar surface area (TPSA) is 55.6 Å². The third-order valence-corrected chi connectivity index (χ3v) is 2.62. The van der Waals surface area contributed by atoms with Crippen LogP contribution in [0.3, 0.4) is 0 Å². The van der Waals surface area contributed by atoms with E-state index < -0.39 is 0 Å². The van der Waals surface area contributed by atoms with Crippen molar-refractivity contribution in [3.63, 3.8) is 0 Å². The molecule has 17 heavy (non-hydrogen) atoms. The van der Waals surface area contributed by atoms with E-state index >= 15 is 0 Å². The van der Waals surface area contributed by atoms with Crippen LogP contribution in [0.25, 0.3) is 11.5 Å². The van der Waals surface area contributed by atoms with Crippen molar-refractivity contribution >= 4 is 5.95 Å². The minimum absolute atomic E-state index is 0.801. The smallest absolute Gasteiger partial charge is 0.224 e. The number of aromatic nitrogens is 4. The Balaban J connectivity index is 2.49. The van der Waals surface area contributed by atoms with Crippen LogP contribution in [-0.4, -0.2) is 26.3 Å². The predicted molar refractivity (Wildman–Crippen MR) is 67.8 cm³/mol. The van der Waals surface area contributed by atoms with Gasteiger partial charge in [0.2, 0.25) is 5.95 Å². The lowest BCUT2D eigenvalue weighted by Crippen LogP contribution is -2.07. The highest BCUT2D eigenvalue weighted by Gasteiger charge is 2.14. The summed E-state index contributed by atoms with van der Waals surface area (Å²) in [6.07, 6.45) is 1.78. The SMILES string of the molecule is CCNc1nnc(-c2ncccc2C)n1CC. The van der Waals surface area contributed by atoms with Gasteiger partial charge in [-0.1, -0.05) is 6.07 Å². The van der Waals surface area contributed by atoms with E-state index in [9.17, 15) is 0 Å². The van der Waals surface area contributed by atoms with Gasteiger partial charge < -0.3 is 5.32 Å². The van der Waals surface area contributed by atoms with Crippen molar-refractivity contribution in [1.82, 2.24) is 19.7 Å². The van der Waals surface area contributed by atoms with Crippen molar-refractivity contribution in [3.8, 4) is 11.5 Å². The molecule has 1 N–H and O–H groups in total. The van der Waals surface area contributed by atoms with Gasteiger partial charge in [-0.05, 0) is 32.4 Å². The molecule has 2 aromatic heterocycles. The highest BCUT2D eigenvalue weighted by molar-refractivity contribution is 5.56. The molecule has 90 valence electrons. The number of hydrogen-bond acceptors (Lipinski definition) is 4. The summed E-state index contributed by atoms with van der Waals surface area (Å²) < 4.78 is 2.04. The molecule has 0 fully saturated rings. The molecule has 0 bridgehead atoms. The van der Waals surface area contributed by atoms with Crippen LogP contribution in [0.15, 0.2) is 18.3 Å². The molecule has 0 amide bonds. The van der Waals surface area contributed by atoms with Gasteiger partial charge in [-0.15, -0.1) is 10.2 Å². The fraction of sp³-hybridized carbons (Fsp3) is 0.417. The van der Waals surface area contributed by atoms with Crippen molar-refractivity contribution in [2.75, 3.05) is 11.9 Å². The van der Waals surface area contributed by atoms with E-state index in [4.69, 9.17) is 0 Å². The summed E-state index contributed by atoms with van der Waals surface area (Å²) in [5, 5.41) is 11.6. The summed E-state index contributed by atoms with van der Waals surface area (Å²) in [5.74, 6) is 1.62. The second kappa shape index (κ2) is 4.95. The lowest BCUT2D eigenvalue weighted by atomic mass is 10.2. The summed E-state index contributed by atoms with van der Waals surface area (Å²) in [5.41, 5.74) is 2.00. The highest BCUT2D eigenvalue weighted by Crippen LogP contribution is 2.21. The Labute approximate surface area is 101 Å². The number of aryl methyl sites for hydroxylation is 1. The normalized spacial score (nSPS) is 10.5. The van der Waals surface area contributed by atoms with Crippen LogP contribution < -0.4 is 5.32 Å². The van der Waals surface area contributed by atoms with Gasteiger partial charge in [0.1, 0.15) is 5.69 Å². The maximum absolute atomic E-state index is 4.38. The third kappa shape index (κ3) is 2.13. The van der Waals surface area contributed by atoms with E-state index in [2.05, 4.69) is 27.4 Å². The van der Waals surface area contributed by atoms with Gasteiger partial charge in [-0.3, -0.25) is 9.55 Å². The Bertz CT molecular complexity index is 503. The summed E-state index contributed by atoms with van der Waals surface area (Å²) >= 11 is 0. The van der Waals surface area contributed by atoms with Gasteiger partial charge in [0.15, 0.2) is 5.82 Å². The lowest BCUT2D eigenvalue weighted by Gasteiger charge is -2.08. The van der Waals surface area contributed by atoms with E-state index in [1.807, 2.05) is 30.5 Å².